The SMILES string of the molecule is CC[C@H]1CCN(C)C(C)C1. The Labute approximate surface area is 64.4 Å². The molecule has 1 saturated heterocycles. The fourth-order valence-electron chi connectivity index (χ4n) is 1.76. The first-order valence-corrected chi connectivity index (χ1v) is 4.44. The maximum absolute atomic E-state index is 2.46. The molecular formula is C9H19N. The lowest BCUT2D eigenvalue weighted by molar-refractivity contribution is 0.152. The normalized spacial score (nSPS) is 36.3. The molecule has 1 rings (SSSR count). The minimum atomic E-state index is 0.818. The van der Waals surface area contributed by atoms with E-state index in [1.54, 1.807) is 0 Å². The molecule has 1 nitrogen and oxygen atoms in total. The average molecular weight is 141 g/mol. The second-order valence-corrected chi connectivity index (χ2v) is 3.63. The van der Waals surface area contributed by atoms with Crippen molar-refractivity contribution in [2.75, 3.05) is 13.6 Å². The van der Waals surface area contributed by atoms with Gasteiger partial charge in [0.15, 0.2) is 0 Å². The zero-order valence-electron chi connectivity index (χ0n) is 7.43. The van der Waals surface area contributed by atoms with Crippen LogP contribution < -0.4 is 0 Å². The zero-order valence-corrected chi connectivity index (χ0v) is 7.43. The quantitative estimate of drug-likeness (QED) is 0.540. The van der Waals surface area contributed by atoms with Gasteiger partial charge in [-0.25, -0.2) is 0 Å². The highest BCUT2D eigenvalue weighted by Crippen LogP contribution is 2.23. The molecule has 2 atom stereocenters. The predicted octanol–water partition coefficient (Wildman–Crippen LogP) is 2.13. The Morgan fingerprint density at radius 1 is 1.50 bits per heavy atom. The first kappa shape index (κ1) is 8.06. The Morgan fingerprint density at radius 2 is 2.20 bits per heavy atom. The molecule has 10 heavy (non-hydrogen) atoms. The van der Waals surface area contributed by atoms with Crippen LogP contribution >= 0.6 is 0 Å². The van der Waals surface area contributed by atoms with Gasteiger partial charge in [-0.3, -0.25) is 0 Å². The van der Waals surface area contributed by atoms with Crippen molar-refractivity contribution in [1.82, 2.24) is 4.90 Å². The van der Waals surface area contributed by atoms with Crippen molar-refractivity contribution in [3.63, 3.8) is 0 Å². The van der Waals surface area contributed by atoms with Crippen LogP contribution in [0.4, 0.5) is 0 Å². The van der Waals surface area contributed by atoms with Crippen molar-refractivity contribution < 1.29 is 0 Å². The fourth-order valence-corrected chi connectivity index (χ4v) is 1.76. The number of rotatable bonds is 1. The molecule has 0 aromatic heterocycles. The van der Waals surface area contributed by atoms with Gasteiger partial charge in [0.05, 0.1) is 0 Å². The highest BCUT2D eigenvalue weighted by Gasteiger charge is 2.20. The highest BCUT2D eigenvalue weighted by molar-refractivity contribution is 4.75. The van der Waals surface area contributed by atoms with Crippen molar-refractivity contribution in [2.45, 2.75) is 39.2 Å². The van der Waals surface area contributed by atoms with Crippen molar-refractivity contribution in [1.29, 1.82) is 0 Å². The lowest BCUT2D eigenvalue weighted by atomic mass is 9.90. The van der Waals surface area contributed by atoms with Gasteiger partial charge in [-0.2, -0.15) is 0 Å². The van der Waals surface area contributed by atoms with Gasteiger partial charge >= 0.3 is 0 Å². The number of hydrogen-bond donors (Lipinski definition) is 0. The first-order valence-electron chi connectivity index (χ1n) is 4.44. The third-order valence-electron chi connectivity index (χ3n) is 2.89. The molecule has 0 saturated carbocycles. The monoisotopic (exact) mass is 141 g/mol. The van der Waals surface area contributed by atoms with Crippen LogP contribution in [0.1, 0.15) is 33.1 Å². The van der Waals surface area contributed by atoms with Gasteiger partial charge < -0.3 is 4.90 Å². The van der Waals surface area contributed by atoms with E-state index in [4.69, 9.17) is 0 Å². The molecule has 0 aliphatic carbocycles. The van der Waals surface area contributed by atoms with Crippen LogP contribution in [0, 0.1) is 5.92 Å². The Balaban J connectivity index is 2.33. The standard InChI is InChI=1S/C9H19N/c1-4-9-5-6-10(3)8(2)7-9/h8-9H,4-7H2,1-3H3/t8?,9-/m0/s1. The molecule has 0 amide bonds. The summed E-state index contributed by atoms with van der Waals surface area (Å²) in [4.78, 5) is 2.46. The summed E-state index contributed by atoms with van der Waals surface area (Å²) in [6, 6.07) is 0.818. The van der Waals surface area contributed by atoms with Crippen molar-refractivity contribution in [3.05, 3.63) is 0 Å². The molecule has 1 unspecified atom stereocenters. The number of likely N-dealkylation sites (tertiary alicyclic amines) is 1. The molecule has 1 fully saturated rings. The third-order valence-corrected chi connectivity index (χ3v) is 2.89. The average Bonchev–Trinajstić information content (AvgIpc) is 1.95. The van der Waals surface area contributed by atoms with Crippen LogP contribution in [0.5, 0.6) is 0 Å². The zero-order chi connectivity index (χ0) is 7.56. The van der Waals surface area contributed by atoms with E-state index in [9.17, 15) is 0 Å². The molecule has 0 radical (unpaired) electrons. The molecule has 1 aliphatic heterocycles. The molecule has 0 aromatic carbocycles. The van der Waals surface area contributed by atoms with Gasteiger partial charge in [0, 0.05) is 6.04 Å². The van der Waals surface area contributed by atoms with E-state index in [0.29, 0.717) is 0 Å². The molecule has 60 valence electrons. The van der Waals surface area contributed by atoms with E-state index in [0.717, 1.165) is 12.0 Å². The lowest BCUT2D eigenvalue weighted by Gasteiger charge is -2.34. The summed E-state index contributed by atoms with van der Waals surface area (Å²) in [5.41, 5.74) is 0. The number of hydrogen-bond acceptors (Lipinski definition) is 1. The summed E-state index contributed by atoms with van der Waals surface area (Å²) in [5, 5.41) is 0. The lowest BCUT2D eigenvalue weighted by Crippen LogP contribution is -2.37. The van der Waals surface area contributed by atoms with Crippen molar-refractivity contribution in [3.8, 4) is 0 Å². The van der Waals surface area contributed by atoms with Crippen LogP contribution in [0.2, 0.25) is 0 Å². The number of nitrogens with zero attached hydrogens (tertiary/aromatic N) is 1. The second kappa shape index (κ2) is 3.38. The van der Waals surface area contributed by atoms with E-state index >= 15 is 0 Å². The summed E-state index contributed by atoms with van der Waals surface area (Å²) in [6.45, 7) is 5.95. The maximum Gasteiger partial charge on any atom is 0.00665 e. The Hall–Kier alpha value is -0.0400. The van der Waals surface area contributed by atoms with Gasteiger partial charge in [0.25, 0.3) is 0 Å². The van der Waals surface area contributed by atoms with Crippen LogP contribution in [0.25, 0.3) is 0 Å². The summed E-state index contributed by atoms with van der Waals surface area (Å²) >= 11 is 0. The van der Waals surface area contributed by atoms with Crippen molar-refractivity contribution >= 4 is 0 Å². The van der Waals surface area contributed by atoms with E-state index in [-0.39, 0.29) is 0 Å². The maximum atomic E-state index is 2.46. The van der Waals surface area contributed by atoms with Gasteiger partial charge in [0.1, 0.15) is 0 Å². The smallest absolute Gasteiger partial charge is 0.00665 e. The van der Waals surface area contributed by atoms with Gasteiger partial charge in [-0.05, 0) is 39.3 Å². The number of piperidine rings is 1. The largest absolute Gasteiger partial charge is 0.304 e. The van der Waals surface area contributed by atoms with Gasteiger partial charge in [0.2, 0.25) is 0 Å². The fraction of sp³-hybridized carbons (Fsp3) is 1.00. The molecule has 1 aliphatic rings. The molecule has 1 heteroatoms. The Bertz CT molecular complexity index is 101. The summed E-state index contributed by atoms with van der Waals surface area (Å²) in [6.07, 6.45) is 4.20. The predicted molar refractivity (Wildman–Crippen MR) is 45.1 cm³/mol. The van der Waals surface area contributed by atoms with Crippen LogP contribution in [0.3, 0.4) is 0 Å². The van der Waals surface area contributed by atoms with E-state index in [1.807, 2.05) is 0 Å². The molecular weight excluding hydrogens is 122 g/mol. The van der Waals surface area contributed by atoms with Gasteiger partial charge in [-0.15, -0.1) is 0 Å². The molecule has 0 aromatic rings. The minimum absolute atomic E-state index is 0.818. The van der Waals surface area contributed by atoms with E-state index in [2.05, 4.69) is 25.8 Å². The molecule has 0 spiro atoms. The van der Waals surface area contributed by atoms with E-state index in [1.165, 1.54) is 25.8 Å². The van der Waals surface area contributed by atoms with Crippen molar-refractivity contribution in [2.24, 2.45) is 5.92 Å². The molecule has 0 N–H and O–H groups in total. The summed E-state index contributed by atoms with van der Waals surface area (Å²) in [5.74, 6) is 1.01. The second-order valence-electron chi connectivity index (χ2n) is 3.63. The highest BCUT2D eigenvalue weighted by atomic mass is 15.1. The van der Waals surface area contributed by atoms with Gasteiger partial charge in [-0.1, -0.05) is 13.3 Å². The molecule has 0 bridgehead atoms. The Morgan fingerprint density at radius 3 is 2.70 bits per heavy atom. The van der Waals surface area contributed by atoms with Crippen LogP contribution in [-0.4, -0.2) is 24.5 Å². The van der Waals surface area contributed by atoms with E-state index < -0.39 is 0 Å². The van der Waals surface area contributed by atoms with Crippen LogP contribution in [-0.2, 0) is 0 Å². The summed E-state index contributed by atoms with van der Waals surface area (Å²) in [7, 11) is 2.23. The third kappa shape index (κ3) is 1.72. The topological polar surface area (TPSA) is 3.24 Å². The minimum Gasteiger partial charge on any atom is -0.304 e. The summed E-state index contributed by atoms with van der Waals surface area (Å²) < 4.78 is 0. The first-order chi connectivity index (χ1) is 4.74. The Kier molecular flexibility index (Phi) is 2.72. The van der Waals surface area contributed by atoms with Crippen LogP contribution in [0.15, 0.2) is 0 Å². The molecule has 1 heterocycles.